The summed E-state index contributed by atoms with van der Waals surface area (Å²) in [4.78, 5) is 24.2. The van der Waals surface area contributed by atoms with Crippen LogP contribution >= 0.6 is 11.6 Å². The Morgan fingerprint density at radius 1 is 1.13 bits per heavy atom. The number of aromatic amines is 1. The minimum atomic E-state index is -0.791. The molecular weight excluding hydrogens is 605 g/mol. The lowest BCUT2D eigenvalue weighted by Gasteiger charge is -2.20. The zero-order chi connectivity index (χ0) is 32.7. The molecule has 2 unspecified atom stereocenters. The highest BCUT2D eigenvalue weighted by atomic mass is 35.5. The number of aromatic nitrogens is 3. The number of nitrogens with two attached hydrogens (primary N) is 3. The Balaban J connectivity index is 1.62. The molecule has 0 spiro atoms. The van der Waals surface area contributed by atoms with Crippen molar-refractivity contribution >= 4 is 28.5 Å². The molecule has 0 aliphatic rings. The van der Waals surface area contributed by atoms with Crippen molar-refractivity contribution in [1.82, 2.24) is 19.9 Å². The second kappa shape index (κ2) is 15.5. The molecule has 0 aliphatic heterocycles. The number of fused-ring (bicyclic) bond motifs is 1. The van der Waals surface area contributed by atoms with Gasteiger partial charge in [0.25, 0.3) is 0 Å². The maximum Gasteiger partial charge on any atom is 0.354 e. The van der Waals surface area contributed by atoms with Crippen LogP contribution in [0, 0.1) is 17.5 Å². The Morgan fingerprint density at radius 2 is 1.87 bits per heavy atom. The van der Waals surface area contributed by atoms with Crippen LogP contribution in [-0.2, 0) is 6.42 Å². The Bertz CT molecular complexity index is 1700. The molecule has 45 heavy (non-hydrogen) atoms. The average Bonchev–Trinajstić information content (AvgIpc) is 3.39. The number of aliphatic imine (C=N–C) groups is 1. The van der Waals surface area contributed by atoms with Gasteiger partial charge < -0.3 is 27.5 Å². The predicted octanol–water partition coefficient (Wildman–Crippen LogP) is 5.26. The first-order valence-electron chi connectivity index (χ1n) is 15.1. The average molecular weight is 645 g/mol. The van der Waals surface area contributed by atoms with Crippen LogP contribution < -0.4 is 28.2 Å². The third-order valence-corrected chi connectivity index (χ3v) is 7.80. The van der Waals surface area contributed by atoms with E-state index in [1.165, 1.54) is 6.20 Å². The van der Waals surface area contributed by atoms with Crippen LogP contribution in [0.1, 0.15) is 63.1 Å². The van der Waals surface area contributed by atoms with Gasteiger partial charge in [0.1, 0.15) is 23.1 Å². The summed E-state index contributed by atoms with van der Waals surface area (Å²) in [7, 11) is 0. The largest absolute Gasteiger partial charge is 0.386 e. The number of nitrogens with one attached hydrogen (secondary N) is 2. The molecule has 0 bridgehead atoms. The van der Waals surface area contributed by atoms with Crippen molar-refractivity contribution < 1.29 is 13.2 Å². The summed E-state index contributed by atoms with van der Waals surface area (Å²) in [5.74, 6) is -1.85. The van der Waals surface area contributed by atoms with E-state index in [1.807, 2.05) is 13.8 Å². The van der Waals surface area contributed by atoms with Crippen molar-refractivity contribution in [2.24, 2.45) is 22.2 Å². The fourth-order valence-electron chi connectivity index (χ4n) is 5.26. The highest BCUT2D eigenvalue weighted by Crippen LogP contribution is 2.32. The molecule has 0 amide bonds. The van der Waals surface area contributed by atoms with Gasteiger partial charge in [-0.05, 0) is 81.5 Å². The lowest BCUT2D eigenvalue weighted by molar-refractivity contribution is 0.440. The predicted molar refractivity (Wildman–Crippen MR) is 174 cm³/mol. The summed E-state index contributed by atoms with van der Waals surface area (Å²) >= 11 is 6.21. The Morgan fingerprint density at radius 3 is 2.53 bits per heavy atom. The monoisotopic (exact) mass is 644 g/mol. The lowest BCUT2D eigenvalue weighted by atomic mass is 10.00. The summed E-state index contributed by atoms with van der Waals surface area (Å²) in [5.41, 5.74) is 17.6. The summed E-state index contributed by atoms with van der Waals surface area (Å²) < 4.78 is 47.1. The second-order valence-electron chi connectivity index (χ2n) is 11.2. The van der Waals surface area contributed by atoms with E-state index in [2.05, 4.69) is 20.3 Å². The molecule has 0 radical (unpaired) electrons. The number of halogens is 4. The molecule has 13 heteroatoms. The standard InChI is InChI=1S/C32H40ClF3N8O/c1-3-6-26(40-9-5-10-41-28(39)16-37)29-24(34)14-21(15-25(29)35)44-17-20-13-27(42-31(20)43-32(44)45)22-11-19(8-4-7-18(2)38)12-23(33)30(22)36/h11-15,17-18,26,40H,3-10,16,37-38H2,1-2H3,(H2,39,41)(H,42,43,45). The van der Waals surface area contributed by atoms with Crippen molar-refractivity contribution in [3.8, 4) is 16.9 Å². The molecule has 4 rings (SSSR count). The van der Waals surface area contributed by atoms with Crippen LogP contribution in [0.25, 0.3) is 28.0 Å². The number of hydrogen-bond donors (Lipinski definition) is 5. The molecule has 0 aliphatic carbocycles. The first-order valence-corrected chi connectivity index (χ1v) is 15.5. The van der Waals surface area contributed by atoms with Crippen LogP contribution in [0.3, 0.4) is 0 Å². The molecule has 8 N–H and O–H groups in total. The third-order valence-electron chi connectivity index (χ3n) is 7.53. The van der Waals surface area contributed by atoms with Crippen molar-refractivity contribution in [2.75, 3.05) is 19.6 Å². The first-order chi connectivity index (χ1) is 21.5. The molecule has 0 saturated heterocycles. The summed E-state index contributed by atoms with van der Waals surface area (Å²) in [5, 5.41) is 3.61. The van der Waals surface area contributed by atoms with Gasteiger partial charge in [0.2, 0.25) is 0 Å². The number of hydrogen-bond acceptors (Lipinski definition) is 6. The highest BCUT2D eigenvalue weighted by Gasteiger charge is 2.22. The number of rotatable bonds is 15. The first kappa shape index (κ1) is 34.2. The minimum Gasteiger partial charge on any atom is -0.386 e. The second-order valence-corrected chi connectivity index (χ2v) is 11.6. The van der Waals surface area contributed by atoms with Crippen molar-refractivity contribution in [2.45, 2.75) is 64.5 Å². The van der Waals surface area contributed by atoms with Crippen LogP contribution in [0.4, 0.5) is 13.2 Å². The van der Waals surface area contributed by atoms with Gasteiger partial charge in [-0.1, -0.05) is 24.9 Å². The zero-order valence-corrected chi connectivity index (χ0v) is 26.2. The number of amidine groups is 1. The maximum absolute atomic E-state index is 15.5. The zero-order valence-electron chi connectivity index (χ0n) is 25.5. The van der Waals surface area contributed by atoms with Gasteiger partial charge in [0.05, 0.1) is 22.9 Å². The Kier molecular flexibility index (Phi) is 11.8. The number of nitrogens with zero attached hydrogens (tertiary/aromatic N) is 3. The fourth-order valence-corrected chi connectivity index (χ4v) is 5.50. The smallest absolute Gasteiger partial charge is 0.354 e. The molecule has 0 fully saturated rings. The van der Waals surface area contributed by atoms with Gasteiger partial charge >= 0.3 is 5.69 Å². The molecular formula is C32H40ClF3N8O. The molecule has 2 aromatic carbocycles. The van der Waals surface area contributed by atoms with E-state index in [0.717, 1.165) is 35.1 Å². The highest BCUT2D eigenvalue weighted by molar-refractivity contribution is 6.31. The third kappa shape index (κ3) is 8.51. The molecule has 2 atom stereocenters. The maximum atomic E-state index is 15.5. The molecule has 2 heterocycles. The molecule has 0 saturated carbocycles. The van der Waals surface area contributed by atoms with E-state index in [-0.39, 0.29) is 40.1 Å². The topological polar surface area (TPSA) is 153 Å². The van der Waals surface area contributed by atoms with Crippen molar-refractivity contribution in [3.05, 3.63) is 80.6 Å². The van der Waals surface area contributed by atoms with E-state index in [9.17, 15) is 4.79 Å². The van der Waals surface area contributed by atoms with E-state index < -0.39 is 29.2 Å². The van der Waals surface area contributed by atoms with Gasteiger partial charge in [-0.2, -0.15) is 4.98 Å². The summed E-state index contributed by atoms with van der Waals surface area (Å²) in [6, 6.07) is 6.61. The summed E-state index contributed by atoms with van der Waals surface area (Å²) in [6.45, 7) is 4.93. The van der Waals surface area contributed by atoms with Crippen LogP contribution in [0.15, 0.2) is 46.3 Å². The van der Waals surface area contributed by atoms with Gasteiger partial charge in [0.15, 0.2) is 5.82 Å². The van der Waals surface area contributed by atoms with Crippen molar-refractivity contribution in [1.29, 1.82) is 0 Å². The number of benzene rings is 2. The van der Waals surface area contributed by atoms with Crippen LogP contribution in [0.5, 0.6) is 0 Å². The van der Waals surface area contributed by atoms with Gasteiger partial charge in [-0.3, -0.25) is 9.56 Å². The van der Waals surface area contributed by atoms with Gasteiger partial charge in [-0.15, -0.1) is 0 Å². The molecule has 2 aromatic heterocycles. The van der Waals surface area contributed by atoms with Crippen LogP contribution in [-0.4, -0.2) is 46.0 Å². The van der Waals surface area contributed by atoms with E-state index in [1.54, 1.807) is 18.2 Å². The Labute approximate surface area is 265 Å². The Hall–Kier alpha value is -3.71. The summed E-state index contributed by atoms with van der Waals surface area (Å²) in [6.07, 6.45) is 5.50. The molecule has 4 aromatic rings. The quantitative estimate of drug-likeness (QED) is 0.0676. The van der Waals surface area contributed by atoms with E-state index >= 15 is 13.2 Å². The van der Waals surface area contributed by atoms with Gasteiger partial charge in [-0.25, -0.2) is 18.0 Å². The number of H-pyrrole nitrogens is 1. The molecule has 9 nitrogen and oxygen atoms in total. The molecule has 242 valence electrons. The van der Waals surface area contributed by atoms with E-state index in [0.29, 0.717) is 55.7 Å². The fraction of sp³-hybridized carbons (Fsp3) is 0.406. The number of aryl methyl sites for hydroxylation is 1. The lowest BCUT2D eigenvalue weighted by Crippen LogP contribution is -2.26. The van der Waals surface area contributed by atoms with E-state index in [4.69, 9.17) is 28.8 Å². The van der Waals surface area contributed by atoms with Gasteiger partial charge in [0, 0.05) is 41.3 Å². The normalized spacial score (nSPS) is 13.5. The minimum absolute atomic E-state index is 0.0249. The van der Waals surface area contributed by atoms with Crippen LogP contribution in [0.2, 0.25) is 5.02 Å². The van der Waals surface area contributed by atoms with Crippen molar-refractivity contribution in [3.63, 3.8) is 0 Å². The SMILES string of the molecule is CCCC(NCCCN=C(N)CN)c1c(F)cc(-n2cc3cc(-c4cc(CCCC(C)N)cc(Cl)c4F)[nH]c3nc2=O)cc1F.